The van der Waals surface area contributed by atoms with Gasteiger partial charge in [-0.3, -0.25) is 9.36 Å². The van der Waals surface area contributed by atoms with Gasteiger partial charge in [-0.1, -0.05) is 37.6 Å². The van der Waals surface area contributed by atoms with Crippen LogP contribution < -0.4 is 5.56 Å². The van der Waals surface area contributed by atoms with E-state index in [2.05, 4.69) is 63.2 Å². The minimum Gasteiger partial charge on any atom is -0.306 e. The summed E-state index contributed by atoms with van der Waals surface area (Å²) in [7, 11) is 2.15. The van der Waals surface area contributed by atoms with E-state index in [0.29, 0.717) is 0 Å². The zero-order chi connectivity index (χ0) is 20.0. The van der Waals surface area contributed by atoms with Gasteiger partial charge >= 0.3 is 0 Å². The summed E-state index contributed by atoms with van der Waals surface area (Å²) in [4.78, 5) is 22.0. The largest absolute Gasteiger partial charge is 0.306 e. The highest BCUT2D eigenvalue weighted by Crippen LogP contribution is 2.35. The van der Waals surface area contributed by atoms with E-state index in [1.165, 1.54) is 11.1 Å². The van der Waals surface area contributed by atoms with E-state index < -0.39 is 0 Å². The van der Waals surface area contributed by atoms with E-state index in [9.17, 15) is 4.79 Å². The van der Waals surface area contributed by atoms with Crippen molar-refractivity contribution in [2.24, 2.45) is 0 Å². The second-order valence-corrected chi connectivity index (χ2v) is 9.34. The van der Waals surface area contributed by atoms with Crippen molar-refractivity contribution >= 4 is 21.6 Å². The average molecular weight is 396 g/mol. The molecule has 1 aromatic carbocycles. The van der Waals surface area contributed by atoms with Crippen LogP contribution in [0.5, 0.6) is 0 Å². The third-order valence-corrected chi connectivity index (χ3v) is 6.78. The predicted molar refractivity (Wildman–Crippen MR) is 119 cm³/mol. The molecule has 1 fully saturated rings. The van der Waals surface area contributed by atoms with Crippen molar-refractivity contribution in [3.8, 4) is 11.1 Å². The quantitative estimate of drug-likeness (QED) is 0.617. The highest BCUT2D eigenvalue weighted by molar-refractivity contribution is 7.17. The number of aryl methyl sites for hydroxylation is 2. The van der Waals surface area contributed by atoms with Gasteiger partial charge in [-0.25, -0.2) is 4.98 Å². The van der Waals surface area contributed by atoms with Crippen molar-refractivity contribution in [3.05, 3.63) is 50.9 Å². The Morgan fingerprint density at radius 2 is 1.86 bits per heavy atom. The second-order valence-electron chi connectivity index (χ2n) is 8.48. The second kappa shape index (κ2) is 7.45. The summed E-state index contributed by atoms with van der Waals surface area (Å²) in [5.74, 6) is 1.16. The molecule has 1 aliphatic rings. The van der Waals surface area contributed by atoms with Crippen molar-refractivity contribution in [1.29, 1.82) is 0 Å². The SMILES string of the molecule is Cc1ccc(-c2csc3nc(C(C)C)n(C4CCN(C)CC4)c(=O)c23)c(C)c1. The topological polar surface area (TPSA) is 38.1 Å². The van der Waals surface area contributed by atoms with Gasteiger partial charge in [0.25, 0.3) is 5.56 Å². The fraction of sp³-hybridized carbons (Fsp3) is 0.478. The Labute approximate surface area is 170 Å². The molecule has 1 aliphatic heterocycles. The lowest BCUT2D eigenvalue weighted by Gasteiger charge is -2.32. The van der Waals surface area contributed by atoms with Crippen LogP contribution in [-0.2, 0) is 0 Å². The van der Waals surface area contributed by atoms with Gasteiger partial charge in [0.1, 0.15) is 10.7 Å². The maximum atomic E-state index is 13.8. The van der Waals surface area contributed by atoms with Gasteiger partial charge in [0.15, 0.2) is 0 Å². The molecular weight excluding hydrogens is 366 g/mol. The molecule has 0 spiro atoms. The first-order valence-corrected chi connectivity index (χ1v) is 11.0. The zero-order valence-electron chi connectivity index (χ0n) is 17.5. The van der Waals surface area contributed by atoms with Gasteiger partial charge in [0.05, 0.1) is 5.39 Å². The summed E-state index contributed by atoms with van der Waals surface area (Å²) in [6.07, 6.45) is 2.01. The number of benzene rings is 1. The highest BCUT2D eigenvalue weighted by Gasteiger charge is 2.26. The first-order chi connectivity index (χ1) is 13.4. The van der Waals surface area contributed by atoms with Crippen molar-refractivity contribution in [2.75, 3.05) is 20.1 Å². The van der Waals surface area contributed by atoms with Gasteiger partial charge in [0, 0.05) is 22.9 Å². The number of nitrogens with zero attached hydrogens (tertiary/aromatic N) is 3. The number of hydrogen-bond donors (Lipinski definition) is 0. The molecule has 0 saturated carbocycles. The first-order valence-electron chi connectivity index (χ1n) is 10.2. The van der Waals surface area contributed by atoms with Gasteiger partial charge in [-0.05, 0) is 58.0 Å². The lowest BCUT2D eigenvalue weighted by atomic mass is 9.98. The molecule has 3 heterocycles. The Balaban J connectivity index is 1.94. The first kappa shape index (κ1) is 19.3. The lowest BCUT2D eigenvalue weighted by molar-refractivity contribution is 0.215. The predicted octanol–water partition coefficient (Wildman–Crippen LogP) is 5.13. The number of rotatable bonds is 3. The minimum absolute atomic E-state index is 0.138. The van der Waals surface area contributed by atoms with Crippen molar-refractivity contribution in [1.82, 2.24) is 14.5 Å². The molecule has 0 N–H and O–H groups in total. The van der Waals surface area contributed by atoms with Crippen LogP contribution in [0.1, 0.15) is 55.6 Å². The fourth-order valence-corrected chi connectivity index (χ4v) is 5.28. The van der Waals surface area contributed by atoms with Crippen molar-refractivity contribution in [3.63, 3.8) is 0 Å². The zero-order valence-corrected chi connectivity index (χ0v) is 18.3. The van der Waals surface area contributed by atoms with Gasteiger partial charge in [0.2, 0.25) is 0 Å². The number of likely N-dealkylation sites (tertiary alicyclic amines) is 1. The molecule has 1 saturated heterocycles. The van der Waals surface area contributed by atoms with Crippen molar-refractivity contribution in [2.45, 2.75) is 52.5 Å². The van der Waals surface area contributed by atoms with Crippen LogP contribution in [0.2, 0.25) is 0 Å². The van der Waals surface area contributed by atoms with E-state index >= 15 is 0 Å². The summed E-state index contributed by atoms with van der Waals surface area (Å²) in [6.45, 7) is 10.6. The van der Waals surface area contributed by atoms with E-state index in [-0.39, 0.29) is 17.5 Å². The van der Waals surface area contributed by atoms with Crippen LogP contribution in [0.3, 0.4) is 0 Å². The molecule has 0 atom stereocenters. The van der Waals surface area contributed by atoms with E-state index in [4.69, 9.17) is 4.98 Å². The summed E-state index contributed by atoms with van der Waals surface area (Å²) in [5, 5.41) is 2.90. The number of fused-ring (bicyclic) bond motifs is 1. The van der Waals surface area contributed by atoms with Crippen LogP contribution in [0.4, 0.5) is 0 Å². The fourth-order valence-electron chi connectivity index (χ4n) is 4.35. The third-order valence-electron chi connectivity index (χ3n) is 5.91. The molecule has 148 valence electrons. The summed E-state index contributed by atoms with van der Waals surface area (Å²) >= 11 is 1.59. The maximum absolute atomic E-state index is 13.8. The summed E-state index contributed by atoms with van der Waals surface area (Å²) in [6, 6.07) is 6.69. The molecule has 4 nitrogen and oxygen atoms in total. The molecule has 2 aromatic heterocycles. The van der Waals surface area contributed by atoms with E-state index in [0.717, 1.165) is 53.1 Å². The van der Waals surface area contributed by atoms with Gasteiger partial charge in [-0.2, -0.15) is 0 Å². The molecular formula is C23H29N3OS. The lowest BCUT2D eigenvalue weighted by Crippen LogP contribution is -2.37. The normalized spacial score (nSPS) is 16.4. The Hall–Kier alpha value is -1.98. The third kappa shape index (κ3) is 3.31. The van der Waals surface area contributed by atoms with Crippen molar-refractivity contribution < 1.29 is 0 Å². The Morgan fingerprint density at radius 3 is 2.50 bits per heavy atom. The average Bonchev–Trinajstić information content (AvgIpc) is 3.07. The van der Waals surface area contributed by atoms with Gasteiger partial charge in [-0.15, -0.1) is 11.3 Å². The monoisotopic (exact) mass is 395 g/mol. The molecule has 4 rings (SSSR count). The van der Waals surface area contributed by atoms with E-state index in [1.54, 1.807) is 11.3 Å². The number of piperidine rings is 1. The molecule has 0 unspecified atom stereocenters. The van der Waals surface area contributed by atoms with Crippen LogP contribution >= 0.6 is 11.3 Å². The molecule has 28 heavy (non-hydrogen) atoms. The van der Waals surface area contributed by atoms with Gasteiger partial charge < -0.3 is 4.90 Å². The van der Waals surface area contributed by atoms with Crippen LogP contribution in [0.15, 0.2) is 28.4 Å². The molecule has 3 aromatic rings. The minimum atomic E-state index is 0.138. The summed E-state index contributed by atoms with van der Waals surface area (Å²) < 4.78 is 2.03. The molecule has 0 bridgehead atoms. The molecule has 0 aliphatic carbocycles. The Bertz CT molecular complexity index is 1070. The highest BCUT2D eigenvalue weighted by atomic mass is 32.1. The van der Waals surface area contributed by atoms with E-state index in [1.807, 2.05) is 4.57 Å². The molecule has 0 radical (unpaired) electrons. The Kier molecular flexibility index (Phi) is 5.15. The number of thiophene rings is 1. The van der Waals surface area contributed by atoms with Crippen LogP contribution in [0.25, 0.3) is 21.3 Å². The number of hydrogen-bond acceptors (Lipinski definition) is 4. The molecule has 5 heteroatoms. The number of aromatic nitrogens is 2. The molecule has 0 amide bonds. The van der Waals surface area contributed by atoms with Crippen LogP contribution in [0, 0.1) is 13.8 Å². The Morgan fingerprint density at radius 1 is 1.14 bits per heavy atom. The summed E-state index contributed by atoms with van der Waals surface area (Å²) in [5.41, 5.74) is 4.76. The van der Waals surface area contributed by atoms with Crippen LogP contribution in [-0.4, -0.2) is 34.6 Å². The standard InChI is InChI=1S/C23H29N3OS/c1-14(2)21-24-22-20(23(27)26(21)17-8-10-25(5)11-9-17)19(13-28-22)18-7-6-15(3)12-16(18)4/h6-7,12-14,17H,8-11H2,1-5H3. The smallest absolute Gasteiger partial charge is 0.263 e. The maximum Gasteiger partial charge on any atom is 0.263 e.